The summed E-state index contributed by atoms with van der Waals surface area (Å²) in [6.07, 6.45) is 5.40. The fraction of sp³-hybridized carbons (Fsp3) is 0.357. The van der Waals surface area contributed by atoms with Gasteiger partial charge in [-0.2, -0.15) is 0 Å². The van der Waals surface area contributed by atoms with E-state index in [1.54, 1.807) is 6.07 Å². The third-order valence-corrected chi connectivity index (χ3v) is 2.25. The van der Waals surface area contributed by atoms with Crippen LogP contribution in [-0.4, -0.2) is 5.97 Å². The molecule has 1 aromatic carbocycles. The van der Waals surface area contributed by atoms with Crippen molar-refractivity contribution in [2.75, 3.05) is 0 Å². The summed E-state index contributed by atoms with van der Waals surface area (Å²) in [6.45, 7) is 7.67. The molecule has 0 aliphatic carbocycles. The Kier molecular flexibility index (Phi) is 3.39. The first kappa shape index (κ1) is 12.3. The van der Waals surface area contributed by atoms with E-state index in [1.165, 1.54) is 6.92 Å². The zero-order valence-corrected chi connectivity index (χ0v) is 10.1. The monoisotopic (exact) mass is 216 g/mol. The number of esters is 1. The number of carbonyl (C=O) groups excluding carboxylic acids is 1. The molecule has 1 aromatic rings. The van der Waals surface area contributed by atoms with Crippen LogP contribution < -0.4 is 4.74 Å². The standard InChI is InChI=1S/C14H16O2/c1-6-11-9-12(14(3,4)5)7-8-13(11)16-10(2)15/h1,7-9H,2-5H3. The van der Waals surface area contributed by atoms with Crippen molar-refractivity contribution in [3.8, 4) is 18.1 Å². The highest BCUT2D eigenvalue weighted by molar-refractivity contribution is 5.70. The Hall–Kier alpha value is -1.75. The van der Waals surface area contributed by atoms with Crippen molar-refractivity contribution in [1.82, 2.24) is 0 Å². The molecule has 0 radical (unpaired) electrons. The lowest BCUT2D eigenvalue weighted by molar-refractivity contribution is -0.131. The molecule has 0 N–H and O–H groups in total. The lowest BCUT2D eigenvalue weighted by atomic mass is 9.86. The van der Waals surface area contributed by atoms with E-state index in [9.17, 15) is 4.79 Å². The smallest absolute Gasteiger partial charge is 0.308 e. The first-order chi connectivity index (χ1) is 7.34. The summed E-state index contributed by atoms with van der Waals surface area (Å²) in [6, 6.07) is 5.56. The molecule has 0 unspecified atom stereocenters. The van der Waals surface area contributed by atoms with E-state index >= 15 is 0 Å². The largest absolute Gasteiger partial charge is 0.425 e. The fourth-order valence-electron chi connectivity index (χ4n) is 1.35. The van der Waals surface area contributed by atoms with Crippen LogP contribution in [0.1, 0.15) is 38.8 Å². The van der Waals surface area contributed by atoms with Gasteiger partial charge in [-0.1, -0.05) is 32.8 Å². The molecule has 2 nitrogen and oxygen atoms in total. The second kappa shape index (κ2) is 4.40. The number of ether oxygens (including phenoxy) is 1. The SMILES string of the molecule is C#Cc1cc(C(C)(C)C)ccc1OC(C)=O. The van der Waals surface area contributed by atoms with Crippen LogP contribution in [-0.2, 0) is 10.2 Å². The predicted molar refractivity (Wildman–Crippen MR) is 64.4 cm³/mol. The molecule has 0 amide bonds. The van der Waals surface area contributed by atoms with Crippen LogP contribution in [0.15, 0.2) is 18.2 Å². The van der Waals surface area contributed by atoms with Crippen molar-refractivity contribution in [3.05, 3.63) is 29.3 Å². The number of terminal acetylenes is 1. The lowest BCUT2D eigenvalue weighted by Crippen LogP contribution is -2.12. The van der Waals surface area contributed by atoms with Crippen LogP contribution in [0.25, 0.3) is 0 Å². The average molecular weight is 216 g/mol. The first-order valence-corrected chi connectivity index (χ1v) is 5.14. The van der Waals surface area contributed by atoms with Crippen LogP contribution in [0.5, 0.6) is 5.75 Å². The van der Waals surface area contributed by atoms with Gasteiger partial charge in [0.15, 0.2) is 0 Å². The molecule has 1 rings (SSSR count). The molecule has 0 aliphatic heterocycles. The Bertz CT molecular complexity index is 445. The van der Waals surface area contributed by atoms with E-state index in [-0.39, 0.29) is 11.4 Å². The van der Waals surface area contributed by atoms with Gasteiger partial charge in [0, 0.05) is 6.92 Å². The van der Waals surface area contributed by atoms with E-state index < -0.39 is 0 Å². The van der Waals surface area contributed by atoms with Crippen molar-refractivity contribution >= 4 is 5.97 Å². The first-order valence-electron chi connectivity index (χ1n) is 5.14. The minimum Gasteiger partial charge on any atom is -0.425 e. The van der Waals surface area contributed by atoms with E-state index in [0.717, 1.165) is 5.56 Å². The van der Waals surface area contributed by atoms with Crippen molar-refractivity contribution in [3.63, 3.8) is 0 Å². The predicted octanol–water partition coefficient (Wildman–Crippen LogP) is 2.89. The summed E-state index contributed by atoms with van der Waals surface area (Å²) in [5.41, 5.74) is 1.76. The van der Waals surface area contributed by atoms with Gasteiger partial charge in [-0.05, 0) is 23.1 Å². The lowest BCUT2D eigenvalue weighted by Gasteiger charge is -2.19. The van der Waals surface area contributed by atoms with Gasteiger partial charge in [-0.15, -0.1) is 6.42 Å². The Labute approximate surface area is 96.6 Å². The minimum atomic E-state index is -0.361. The van der Waals surface area contributed by atoms with Gasteiger partial charge in [-0.25, -0.2) is 0 Å². The highest BCUT2D eigenvalue weighted by atomic mass is 16.5. The van der Waals surface area contributed by atoms with Gasteiger partial charge < -0.3 is 4.74 Å². The maximum absolute atomic E-state index is 10.9. The fourth-order valence-corrected chi connectivity index (χ4v) is 1.35. The Morgan fingerprint density at radius 1 is 1.38 bits per heavy atom. The molecule has 0 fully saturated rings. The van der Waals surface area contributed by atoms with Gasteiger partial charge in [0.05, 0.1) is 5.56 Å². The van der Waals surface area contributed by atoms with E-state index in [0.29, 0.717) is 11.3 Å². The van der Waals surface area contributed by atoms with Gasteiger partial charge in [-0.3, -0.25) is 4.79 Å². The summed E-state index contributed by atoms with van der Waals surface area (Å²) in [7, 11) is 0. The Balaban J connectivity index is 3.18. The molecule has 0 saturated carbocycles. The molecule has 0 spiro atoms. The molecule has 0 aromatic heterocycles. The van der Waals surface area contributed by atoms with Gasteiger partial charge in [0.1, 0.15) is 5.75 Å². The second-order valence-electron chi connectivity index (χ2n) is 4.70. The number of hydrogen-bond acceptors (Lipinski definition) is 2. The summed E-state index contributed by atoms with van der Waals surface area (Å²) in [5, 5.41) is 0. The van der Waals surface area contributed by atoms with Crippen molar-refractivity contribution in [2.24, 2.45) is 0 Å². The number of rotatable bonds is 1. The highest BCUT2D eigenvalue weighted by Crippen LogP contribution is 2.27. The Morgan fingerprint density at radius 3 is 2.44 bits per heavy atom. The van der Waals surface area contributed by atoms with Crippen molar-refractivity contribution in [1.29, 1.82) is 0 Å². The van der Waals surface area contributed by atoms with Crippen LogP contribution in [0.2, 0.25) is 0 Å². The van der Waals surface area contributed by atoms with Crippen LogP contribution in [0.3, 0.4) is 0 Å². The zero-order valence-electron chi connectivity index (χ0n) is 10.1. The maximum atomic E-state index is 10.9. The molecule has 16 heavy (non-hydrogen) atoms. The van der Waals surface area contributed by atoms with Gasteiger partial charge in [0.2, 0.25) is 0 Å². The summed E-state index contributed by atoms with van der Waals surface area (Å²) >= 11 is 0. The maximum Gasteiger partial charge on any atom is 0.308 e. The molecule has 2 heteroatoms. The second-order valence-corrected chi connectivity index (χ2v) is 4.70. The minimum absolute atomic E-state index is 0.0281. The van der Waals surface area contributed by atoms with Crippen LogP contribution in [0, 0.1) is 12.3 Å². The third kappa shape index (κ3) is 2.87. The third-order valence-electron chi connectivity index (χ3n) is 2.25. The molecule has 0 heterocycles. The normalized spacial score (nSPS) is 10.7. The van der Waals surface area contributed by atoms with Crippen LogP contribution in [0.4, 0.5) is 0 Å². The quantitative estimate of drug-likeness (QED) is 0.410. The number of benzene rings is 1. The molecular weight excluding hydrogens is 200 g/mol. The molecule has 0 saturated heterocycles. The Morgan fingerprint density at radius 2 is 2.00 bits per heavy atom. The number of carbonyl (C=O) groups is 1. The van der Waals surface area contributed by atoms with Gasteiger partial charge >= 0.3 is 5.97 Å². The van der Waals surface area contributed by atoms with Crippen LogP contribution >= 0.6 is 0 Å². The number of hydrogen-bond donors (Lipinski definition) is 0. The summed E-state index contributed by atoms with van der Waals surface area (Å²) < 4.78 is 5.02. The van der Waals surface area contributed by atoms with Gasteiger partial charge in [0.25, 0.3) is 0 Å². The summed E-state index contributed by atoms with van der Waals surface area (Å²) in [4.78, 5) is 10.9. The average Bonchev–Trinajstić information content (AvgIpc) is 2.15. The zero-order chi connectivity index (χ0) is 12.3. The topological polar surface area (TPSA) is 26.3 Å². The van der Waals surface area contributed by atoms with Crippen molar-refractivity contribution in [2.45, 2.75) is 33.1 Å². The molecular formula is C14H16O2. The van der Waals surface area contributed by atoms with Crippen molar-refractivity contribution < 1.29 is 9.53 Å². The van der Waals surface area contributed by atoms with E-state index in [4.69, 9.17) is 11.2 Å². The van der Waals surface area contributed by atoms with E-state index in [2.05, 4.69) is 26.7 Å². The molecule has 84 valence electrons. The highest BCUT2D eigenvalue weighted by Gasteiger charge is 2.15. The molecule has 0 bridgehead atoms. The molecule has 0 aliphatic rings. The molecule has 0 atom stereocenters. The summed E-state index contributed by atoms with van der Waals surface area (Å²) in [5.74, 6) is 2.62. The van der Waals surface area contributed by atoms with E-state index in [1.807, 2.05) is 12.1 Å².